The van der Waals surface area contributed by atoms with Gasteiger partial charge in [0.05, 0.1) is 12.0 Å². The van der Waals surface area contributed by atoms with E-state index in [0.717, 1.165) is 11.3 Å². The molecule has 1 aromatic rings. The predicted octanol–water partition coefficient (Wildman–Crippen LogP) is 2.38. The number of carbonyl (C=O) groups excluding carboxylic acids is 2. The van der Waals surface area contributed by atoms with Crippen LogP contribution in [0, 0.1) is 17.3 Å². The van der Waals surface area contributed by atoms with Crippen molar-refractivity contribution in [3.05, 3.63) is 29.8 Å². The Morgan fingerprint density at radius 2 is 1.86 bits per heavy atom. The maximum Gasteiger partial charge on any atom is 0.227 e. The van der Waals surface area contributed by atoms with E-state index in [2.05, 4.69) is 22.5 Å². The van der Waals surface area contributed by atoms with E-state index >= 15 is 0 Å². The van der Waals surface area contributed by atoms with Gasteiger partial charge in [-0.15, -0.1) is 11.6 Å². The van der Waals surface area contributed by atoms with Crippen molar-refractivity contribution < 1.29 is 9.59 Å². The molecule has 5 heteroatoms. The Bertz CT molecular complexity index is 568. The zero-order chi connectivity index (χ0) is 15.9. The summed E-state index contributed by atoms with van der Waals surface area (Å²) in [6.07, 6.45) is 0. The first-order chi connectivity index (χ1) is 9.85. The third kappa shape index (κ3) is 5.88. The minimum absolute atomic E-state index is 0.113. The molecule has 1 rings (SSSR count). The summed E-state index contributed by atoms with van der Waals surface area (Å²) < 4.78 is 0. The van der Waals surface area contributed by atoms with Gasteiger partial charge in [-0.2, -0.15) is 0 Å². The van der Waals surface area contributed by atoms with Crippen LogP contribution in [0.15, 0.2) is 24.3 Å². The molecule has 0 aliphatic heterocycles. The van der Waals surface area contributed by atoms with E-state index < -0.39 is 5.41 Å². The molecule has 1 aromatic carbocycles. The summed E-state index contributed by atoms with van der Waals surface area (Å²) in [7, 11) is 0. The summed E-state index contributed by atoms with van der Waals surface area (Å²) in [5.74, 6) is 5.85. The second-order valence-electron chi connectivity index (χ2n) is 5.26. The van der Waals surface area contributed by atoms with Crippen molar-refractivity contribution in [3.63, 3.8) is 0 Å². The van der Waals surface area contributed by atoms with Crippen LogP contribution in [-0.2, 0) is 9.59 Å². The number of halogens is 1. The molecule has 0 aliphatic rings. The van der Waals surface area contributed by atoms with E-state index in [-0.39, 0.29) is 24.2 Å². The lowest BCUT2D eigenvalue weighted by Crippen LogP contribution is -2.38. The largest absolute Gasteiger partial charge is 0.345 e. The fourth-order valence-electron chi connectivity index (χ4n) is 1.41. The molecular weight excluding hydrogens is 288 g/mol. The fourth-order valence-corrected chi connectivity index (χ4v) is 1.53. The highest BCUT2D eigenvalue weighted by Crippen LogP contribution is 2.16. The maximum absolute atomic E-state index is 11.8. The molecule has 0 saturated heterocycles. The standard InChI is InChI=1S/C16H19ClN2O2/c1-12(20)19-14-8-6-13(7-9-14)5-4-10-18-15(21)16(2,3)11-17/h6-9H,10-11H2,1-3H3,(H,18,21)(H,19,20). The Kier molecular flexibility index (Phi) is 6.26. The first kappa shape index (κ1) is 17.1. The normalized spacial score (nSPS) is 10.3. The zero-order valence-corrected chi connectivity index (χ0v) is 13.2. The van der Waals surface area contributed by atoms with E-state index in [1.54, 1.807) is 26.0 Å². The Labute approximate surface area is 130 Å². The van der Waals surface area contributed by atoms with Crippen LogP contribution in [0.2, 0.25) is 0 Å². The number of benzene rings is 1. The molecular formula is C16H19ClN2O2. The monoisotopic (exact) mass is 306 g/mol. The van der Waals surface area contributed by atoms with Crippen molar-refractivity contribution in [2.45, 2.75) is 20.8 Å². The van der Waals surface area contributed by atoms with Crippen LogP contribution >= 0.6 is 11.6 Å². The first-order valence-corrected chi connectivity index (χ1v) is 7.09. The Hall–Kier alpha value is -1.99. The van der Waals surface area contributed by atoms with E-state index in [0.29, 0.717) is 0 Å². The van der Waals surface area contributed by atoms with Crippen molar-refractivity contribution in [3.8, 4) is 11.8 Å². The average Bonchev–Trinajstić information content (AvgIpc) is 2.44. The molecule has 0 spiro atoms. The van der Waals surface area contributed by atoms with E-state index in [1.807, 2.05) is 12.1 Å². The molecule has 112 valence electrons. The number of nitrogens with one attached hydrogen (secondary N) is 2. The van der Waals surface area contributed by atoms with Gasteiger partial charge in [0, 0.05) is 24.1 Å². The molecule has 2 N–H and O–H groups in total. The highest BCUT2D eigenvalue weighted by molar-refractivity contribution is 6.19. The molecule has 0 fully saturated rings. The summed E-state index contributed by atoms with van der Waals surface area (Å²) in [4.78, 5) is 22.6. The number of anilines is 1. The van der Waals surface area contributed by atoms with Crippen molar-refractivity contribution in [1.29, 1.82) is 0 Å². The van der Waals surface area contributed by atoms with Gasteiger partial charge >= 0.3 is 0 Å². The molecule has 21 heavy (non-hydrogen) atoms. The van der Waals surface area contributed by atoms with Crippen LogP contribution < -0.4 is 10.6 Å². The number of rotatable bonds is 4. The zero-order valence-electron chi connectivity index (χ0n) is 12.4. The lowest BCUT2D eigenvalue weighted by molar-refractivity contribution is -0.128. The van der Waals surface area contributed by atoms with Gasteiger partial charge < -0.3 is 10.6 Å². The molecule has 0 bridgehead atoms. The first-order valence-electron chi connectivity index (χ1n) is 6.56. The van der Waals surface area contributed by atoms with Gasteiger partial charge in [-0.1, -0.05) is 11.8 Å². The quantitative estimate of drug-likeness (QED) is 0.663. The Morgan fingerprint density at radius 1 is 1.24 bits per heavy atom. The van der Waals surface area contributed by atoms with E-state index in [9.17, 15) is 9.59 Å². The SMILES string of the molecule is CC(=O)Nc1ccc(C#CCNC(=O)C(C)(C)CCl)cc1. The molecule has 0 atom stereocenters. The molecule has 0 radical (unpaired) electrons. The Morgan fingerprint density at radius 3 is 2.38 bits per heavy atom. The number of alkyl halides is 1. The highest BCUT2D eigenvalue weighted by Gasteiger charge is 2.25. The van der Waals surface area contributed by atoms with Crippen molar-refractivity contribution in [2.75, 3.05) is 17.7 Å². The average molecular weight is 307 g/mol. The minimum Gasteiger partial charge on any atom is -0.345 e. The van der Waals surface area contributed by atoms with Gasteiger partial charge in [0.25, 0.3) is 0 Å². The van der Waals surface area contributed by atoms with Gasteiger partial charge in [0.15, 0.2) is 0 Å². The van der Waals surface area contributed by atoms with Crippen LogP contribution in [-0.4, -0.2) is 24.2 Å². The van der Waals surface area contributed by atoms with Gasteiger partial charge in [0.1, 0.15) is 0 Å². The second-order valence-corrected chi connectivity index (χ2v) is 5.53. The lowest BCUT2D eigenvalue weighted by Gasteiger charge is -2.19. The third-order valence-electron chi connectivity index (χ3n) is 2.72. The van der Waals surface area contributed by atoms with Crippen LogP contribution in [0.3, 0.4) is 0 Å². The van der Waals surface area contributed by atoms with Crippen LogP contribution in [0.1, 0.15) is 26.3 Å². The summed E-state index contributed by atoms with van der Waals surface area (Å²) in [6.45, 7) is 5.29. The summed E-state index contributed by atoms with van der Waals surface area (Å²) in [6, 6.07) is 7.17. The van der Waals surface area contributed by atoms with Gasteiger partial charge in [-0.05, 0) is 38.1 Å². The highest BCUT2D eigenvalue weighted by atomic mass is 35.5. The molecule has 0 unspecified atom stereocenters. The number of carbonyl (C=O) groups is 2. The summed E-state index contributed by atoms with van der Waals surface area (Å²) >= 11 is 5.72. The Balaban J connectivity index is 2.52. The van der Waals surface area contributed by atoms with Crippen molar-refractivity contribution >= 4 is 29.1 Å². The molecule has 4 nitrogen and oxygen atoms in total. The fraction of sp³-hybridized carbons (Fsp3) is 0.375. The molecule has 0 aromatic heterocycles. The van der Waals surface area contributed by atoms with Crippen molar-refractivity contribution in [2.24, 2.45) is 5.41 Å². The van der Waals surface area contributed by atoms with Crippen molar-refractivity contribution in [1.82, 2.24) is 5.32 Å². The van der Waals surface area contributed by atoms with Crippen LogP contribution in [0.25, 0.3) is 0 Å². The van der Waals surface area contributed by atoms with Gasteiger partial charge in [-0.3, -0.25) is 9.59 Å². The molecule has 0 aliphatic carbocycles. The maximum atomic E-state index is 11.8. The molecule has 0 saturated carbocycles. The minimum atomic E-state index is -0.594. The third-order valence-corrected chi connectivity index (χ3v) is 3.39. The summed E-state index contributed by atoms with van der Waals surface area (Å²) in [5, 5.41) is 5.41. The van der Waals surface area contributed by atoms with Gasteiger partial charge in [0.2, 0.25) is 11.8 Å². The topological polar surface area (TPSA) is 58.2 Å². The van der Waals surface area contributed by atoms with E-state index in [4.69, 9.17) is 11.6 Å². The van der Waals surface area contributed by atoms with Crippen LogP contribution in [0.5, 0.6) is 0 Å². The lowest BCUT2D eigenvalue weighted by atomic mass is 9.95. The smallest absolute Gasteiger partial charge is 0.227 e. The number of hydrogen-bond donors (Lipinski definition) is 2. The number of amides is 2. The van der Waals surface area contributed by atoms with Gasteiger partial charge in [-0.25, -0.2) is 0 Å². The predicted molar refractivity (Wildman–Crippen MR) is 85.1 cm³/mol. The molecule has 0 heterocycles. The molecule has 2 amide bonds. The summed E-state index contributed by atoms with van der Waals surface area (Å²) in [5.41, 5.74) is 0.948. The van der Waals surface area contributed by atoms with Crippen LogP contribution in [0.4, 0.5) is 5.69 Å². The van der Waals surface area contributed by atoms with E-state index in [1.165, 1.54) is 6.92 Å². The second kappa shape index (κ2) is 7.70. The number of hydrogen-bond acceptors (Lipinski definition) is 2.